The van der Waals surface area contributed by atoms with Crippen LogP contribution in [-0.4, -0.2) is 32.5 Å². The summed E-state index contributed by atoms with van der Waals surface area (Å²) in [5, 5.41) is 13.4. The van der Waals surface area contributed by atoms with E-state index in [0.717, 1.165) is 16.1 Å². The SMILES string of the molecule is Cc1nc(C(CN)NC(=O)c2ncc(-c3ccc(Cl)cc3)[nH]2)sc1CO. The molecule has 0 bridgehead atoms. The number of carbonyl (C=O) groups is 1. The van der Waals surface area contributed by atoms with E-state index in [9.17, 15) is 9.90 Å². The van der Waals surface area contributed by atoms with Crippen molar-refractivity contribution in [2.75, 3.05) is 6.54 Å². The Morgan fingerprint density at radius 2 is 2.15 bits per heavy atom. The number of nitrogens with one attached hydrogen (secondary N) is 2. The van der Waals surface area contributed by atoms with E-state index in [1.54, 1.807) is 18.3 Å². The quantitative estimate of drug-likeness (QED) is 0.514. The fourth-order valence-electron chi connectivity index (χ4n) is 2.41. The van der Waals surface area contributed by atoms with Crippen LogP contribution in [0, 0.1) is 6.92 Å². The Morgan fingerprint density at radius 3 is 2.77 bits per heavy atom. The normalized spacial score (nSPS) is 12.2. The van der Waals surface area contributed by atoms with Gasteiger partial charge in [0, 0.05) is 11.6 Å². The van der Waals surface area contributed by atoms with Gasteiger partial charge in [0.15, 0.2) is 5.82 Å². The lowest BCUT2D eigenvalue weighted by Crippen LogP contribution is -2.34. The lowest BCUT2D eigenvalue weighted by molar-refractivity contribution is 0.0928. The standard InChI is InChI=1S/C17H18ClN5O2S/c1-9-14(8-24)26-17(21-9)12(6-19)23-16(25)15-20-7-13(22-15)10-2-4-11(18)5-3-10/h2-5,7,12,24H,6,8,19H2,1H3,(H,20,22)(H,23,25). The number of benzene rings is 1. The first-order valence-corrected chi connectivity index (χ1v) is 9.10. The summed E-state index contributed by atoms with van der Waals surface area (Å²) in [4.78, 5) is 24.8. The summed E-state index contributed by atoms with van der Waals surface area (Å²) in [6.07, 6.45) is 1.59. The Morgan fingerprint density at radius 1 is 1.42 bits per heavy atom. The number of aliphatic hydroxyl groups excluding tert-OH is 1. The van der Waals surface area contributed by atoms with Gasteiger partial charge in [-0.1, -0.05) is 23.7 Å². The Kier molecular flexibility index (Phi) is 5.67. The second kappa shape index (κ2) is 7.96. The maximum absolute atomic E-state index is 12.5. The molecule has 9 heteroatoms. The number of aryl methyl sites for hydroxylation is 1. The molecule has 0 aliphatic carbocycles. The number of halogens is 1. The summed E-state index contributed by atoms with van der Waals surface area (Å²) in [7, 11) is 0. The average Bonchev–Trinajstić information content (AvgIpc) is 3.27. The molecule has 0 aliphatic rings. The second-order valence-corrected chi connectivity index (χ2v) is 7.18. The molecule has 0 aliphatic heterocycles. The van der Waals surface area contributed by atoms with Gasteiger partial charge in [0.05, 0.1) is 35.1 Å². The molecule has 0 fully saturated rings. The van der Waals surface area contributed by atoms with Crippen molar-refractivity contribution in [1.82, 2.24) is 20.3 Å². The van der Waals surface area contributed by atoms with Gasteiger partial charge in [-0.25, -0.2) is 9.97 Å². The average molecular weight is 392 g/mol. The summed E-state index contributed by atoms with van der Waals surface area (Å²) < 4.78 is 0. The maximum Gasteiger partial charge on any atom is 0.287 e. The van der Waals surface area contributed by atoms with Crippen LogP contribution < -0.4 is 11.1 Å². The molecular weight excluding hydrogens is 374 g/mol. The molecule has 0 saturated carbocycles. The third-order valence-electron chi connectivity index (χ3n) is 3.84. The first-order valence-electron chi connectivity index (χ1n) is 7.90. The highest BCUT2D eigenvalue weighted by Crippen LogP contribution is 2.24. The highest BCUT2D eigenvalue weighted by molar-refractivity contribution is 7.11. The number of thiazole rings is 1. The van der Waals surface area contributed by atoms with Crippen LogP contribution in [0.2, 0.25) is 5.02 Å². The minimum Gasteiger partial charge on any atom is -0.391 e. The number of rotatable bonds is 6. The maximum atomic E-state index is 12.5. The smallest absolute Gasteiger partial charge is 0.287 e. The number of nitrogens with two attached hydrogens (primary N) is 1. The fourth-order valence-corrected chi connectivity index (χ4v) is 3.52. The summed E-state index contributed by atoms with van der Waals surface area (Å²) in [5.41, 5.74) is 8.11. The van der Waals surface area contributed by atoms with Gasteiger partial charge in [-0.3, -0.25) is 4.79 Å². The van der Waals surface area contributed by atoms with Gasteiger partial charge in [-0.2, -0.15) is 0 Å². The first kappa shape index (κ1) is 18.5. The summed E-state index contributed by atoms with van der Waals surface area (Å²) in [6.45, 7) is 1.91. The van der Waals surface area contributed by atoms with E-state index in [-0.39, 0.29) is 24.9 Å². The van der Waals surface area contributed by atoms with Gasteiger partial charge in [0.1, 0.15) is 5.01 Å². The molecule has 2 aromatic heterocycles. The lowest BCUT2D eigenvalue weighted by atomic mass is 10.2. The number of aliphatic hydroxyl groups is 1. The topological polar surface area (TPSA) is 117 Å². The molecule has 1 amide bonds. The van der Waals surface area contributed by atoms with Crippen molar-refractivity contribution in [2.45, 2.75) is 19.6 Å². The van der Waals surface area contributed by atoms with E-state index in [4.69, 9.17) is 17.3 Å². The van der Waals surface area contributed by atoms with Crippen molar-refractivity contribution in [2.24, 2.45) is 5.73 Å². The largest absolute Gasteiger partial charge is 0.391 e. The number of hydrogen-bond acceptors (Lipinski definition) is 6. The van der Waals surface area contributed by atoms with Crippen LogP contribution >= 0.6 is 22.9 Å². The van der Waals surface area contributed by atoms with Gasteiger partial charge in [-0.15, -0.1) is 11.3 Å². The fraction of sp³-hybridized carbons (Fsp3) is 0.235. The zero-order chi connectivity index (χ0) is 18.7. The number of amides is 1. The predicted octanol–water partition coefficient (Wildman–Crippen LogP) is 2.42. The number of carbonyl (C=O) groups excluding carboxylic acids is 1. The molecule has 3 aromatic rings. The number of H-pyrrole nitrogens is 1. The van der Waals surface area contributed by atoms with Crippen molar-refractivity contribution >= 4 is 28.8 Å². The molecule has 26 heavy (non-hydrogen) atoms. The Balaban J connectivity index is 1.75. The van der Waals surface area contributed by atoms with Crippen LogP contribution in [0.3, 0.4) is 0 Å². The Labute approximate surface area is 159 Å². The van der Waals surface area contributed by atoms with E-state index >= 15 is 0 Å². The lowest BCUT2D eigenvalue weighted by Gasteiger charge is -2.13. The number of hydrogen-bond donors (Lipinski definition) is 4. The molecule has 0 radical (unpaired) electrons. The molecule has 1 atom stereocenters. The molecule has 0 saturated heterocycles. The summed E-state index contributed by atoms with van der Waals surface area (Å²) in [5.74, 6) is -0.192. The van der Waals surface area contributed by atoms with Crippen LogP contribution in [0.4, 0.5) is 0 Å². The number of aromatic nitrogens is 3. The Bertz CT molecular complexity index is 906. The van der Waals surface area contributed by atoms with Crippen LogP contribution in [0.5, 0.6) is 0 Å². The third-order valence-corrected chi connectivity index (χ3v) is 5.35. The molecule has 7 nitrogen and oxygen atoms in total. The van der Waals surface area contributed by atoms with E-state index in [1.807, 2.05) is 19.1 Å². The van der Waals surface area contributed by atoms with Gasteiger partial charge < -0.3 is 21.1 Å². The third kappa shape index (κ3) is 3.94. The number of imidazole rings is 1. The molecular formula is C17H18ClN5O2S. The van der Waals surface area contributed by atoms with E-state index < -0.39 is 6.04 Å². The predicted molar refractivity (Wildman–Crippen MR) is 101 cm³/mol. The molecule has 1 aromatic carbocycles. The molecule has 136 valence electrons. The van der Waals surface area contributed by atoms with Crippen molar-refractivity contribution in [1.29, 1.82) is 0 Å². The monoisotopic (exact) mass is 391 g/mol. The molecule has 5 N–H and O–H groups in total. The minimum atomic E-state index is -0.449. The van der Waals surface area contributed by atoms with E-state index in [2.05, 4.69) is 20.3 Å². The Hall–Kier alpha value is -2.26. The van der Waals surface area contributed by atoms with Crippen molar-refractivity contribution < 1.29 is 9.90 Å². The van der Waals surface area contributed by atoms with Crippen molar-refractivity contribution in [3.05, 3.63) is 56.9 Å². The van der Waals surface area contributed by atoms with Gasteiger partial charge >= 0.3 is 0 Å². The molecule has 3 rings (SSSR count). The zero-order valence-electron chi connectivity index (χ0n) is 14.0. The van der Waals surface area contributed by atoms with Crippen LogP contribution in [-0.2, 0) is 6.61 Å². The zero-order valence-corrected chi connectivity index (χ0v) is 15.6. The van der Waals surface area contributed by atoms with E-state index in [1.165, 1.54) is 11.3 Å². The number of aromatic amines is 1. The molecule has 2 heterocycles. The van der Waals surface area contributed by atoms with Crippen LogP contribution in [0.15, 0.2) is 30.5 Å². The molecule has 1 unspecified atom stereocenters. The van der Waals surface area contributed by atoms with Crippen molar-refractivity contribution in [3.63, 3.8) is 0 Å². The van der Waals surface area contributed by atoms with Gasteiger partial charge in [0.2, 0.25) is 0 Å². The van der Waals surface area contributed by atoms with E-state index in [0.29, 0.717) is 15.7 Å². The minimum absolute atomic E-state index is 0.0859. The highest BCUT2D eigenvalue weighted by atomic mass is 35.5. The first-order chi connectivity index (χ1) is 12.5. The second-order valence-electron chi connectivity index (χ2n) is 5.63. The summed E-state index contributed by atoms with van der Waals surface area (Å²) in [6, 6.07) is 6.77. The van der Waals surface area contributed by atoms with Crippen molar-refractivity contribution in [3.8, 4) is 11.3 Å². The van der Waals surface area contributed by atoms with Crippen LogP contribution in [0.1, 0.15) is 32.2 Å². The van der Waals surface area contributed by atoms with Crippen LogP contribution in [0.25, 0.3) is 11.3 Å². The molecule has 0 spiro atoms. The summed E-state index contributed by atoms with van der Waals surface area (Å²) >= 11 is 7.22. The highest BCUT2D eigenvalue weighted by Gasteiger charge is 2.21. The van der Waals surface area contributed by atoms with Gasteiger partial charge in [-0.05, 0) is 24.6 Å². The number of nitrogens with zero attached hydrogens (tertiary/aromatic N) is 2. The van der Waals surface area contributed by atoms with Gasteiger partial charge in [0.25, 0.3) is 5.91 Å².